The number of aromatic nitrogens is 1. The van der Waals surface area contributed by atoms with Gasteiger partial charge in [0.05, 0.1) is 21.7 Å². The maximum atomic E-state index is 13.8. The number of carbonyl (C=O) groups is 1. The zero-order valence-corrected chi connectivity index (χ0v) is 14.9. The number of benzene rings is 2. The third-order valence-corrected chi connectivity index (χ3v) is 6.36. The van der Waals surface area contributed by atoms with Crippen LogP contribution < -0.4 is 0 Å². The Balaban J connectivity index is 1.78. The molecule has 0 saturated heterocycles. The molecular weight excluding hydrogens is 347 g/mol. The number of hydrogen-bond acceptors (Lipinski definition) is 4. The van der Waals surface area contributed by atoms with E-state index in [4.69, 9.17) is 0 Å². The van der Waals surface area contributed by atoms with Gasteiger partial charge in [-0.3, -0.25) is 4.79 Å². The Kier molecular flexibility index (Phi) is 4.29. The Morgan fingerprint density at radius 2 is 1.96 bits per heavy atom. The molecule has 1 aromatic heterocycles. The van der Waals surface area contributed by atoms with E-state index >= 15 is 0 Å². The van der Waals surface area contributed by atoms with Crippen LogP contribution in [0.15, 0.2) is 48.5 Å². The zero-order chi connectivity index (χ0) is 18.1. The SMILES string of the molecule is N#CC(C(=O)C1(c2cccc(F)c2)CCCC1)c1nc2ccccc2s1. The maximum absolute atomic E-state index is 13.8. The van der Waals surface area contributed by atoms with Crippen LogP contribution in [-0.4, -0.2) is 10.8 Å². The number of Topliss-reactive ketones (excluding diaryl/α,β-unsaturated/α-hetero) is 1. The fourth-order valence-electron chi connectivity index (χ4n) is 3.96. The molecule has 0 spiro atoms. The summed E-state index contributed by atoms with van der Waals surface area (Å²) in [6.07, 6.45) is 3.11. The molecule has 0 bridgehead atoms. The van der Waals surface area contributed by atoms with Crippen molar-refractivity contribution in [3.05, 3.63) is 64.9 Å². The van der Waals surface area contributed by atoms with Crippen LogP contribution >= 0.6 is 11.3 Å². The average molecular weight is 364 g/mol. The Morgan fingerprint density at radius 1 is 1.19 bits per heavy atom. The highest BCUT2D eigenvalue weighted by molar-refractivity contribution is 7.18. The fraction of sp³-hybridized carbons (Fsp3) is 0.286. The van der Waals surface area contributed by atoms with Crippen molar-refractivity contribution in [1.29, 1.82) is 5.26 Å². The minimum atomic E-state index is -0.922. The lowest BCUT2D eigenvalue weighted by Crippen LogP contribution is -2.36. The third-order valence-electron chi connectivity index (χ3n) is 5.25. The quantitative estimate of drug-likeness (QED) is 0.645. The second-order valence-electron chi connectivity index (χ2n) is 6.75. The molecule has 1 fully saturated rings. The lowest BCUT2D eigenvalue weighted by molar-refractivity contribution is -0.124. The Morgan fingerprint density at radius 3 is 2.65 bits per heavy atom. The lowest BCUT2D eigenvalue weighted by Gasteiger charge is -2.29. The van der Waals surface area contributed by atoms with E-state index in [0.29, 0.717) is 23.4 Å². The molecule has 130 valence electrons. The predicted molar refractivity (Wildman–Crippen MR) is 99.5 cm³/mol. The van der Waals surface area contributed by atoms with E-state index in [1.807, 2.05) is 24.3 Å². The molecule has 4 rings (SSSR count). The van der Waals surface area contributed by atoms with Gasteiger partial charge in [0.25, 0.3) is 0 Å². The molecule has 1 aliphatic carbocycles. The van der Waals surface area contributed by atoms with E-state index in [2.05, 4.69) is 11.1 Å². The molecule has 1 heterocycles. The van der Waals surface area contributed by atoms with Crippen LogP contribution in [0.1, 0.15) is 42.2 Å². The predicted octanol–water partition coefficient (Wildman–Crippen LogP) is 5.12. The Bertz CT molecular complexity index is 981. The van der Waals surface area contributed by atoms with Gasteiger partial charge in [0.1, 0.15) is 10.8 Å². The van der Waals surface area contributed by atoms with E-state index < -0.39 is 11.3 Å². The van der Waals surface area contributed by atoms with E-state index in [0.717, 1.165) is 23.1 Å². The maximum Gasteiger partial charge on any atom is 0.167 e. The van der Waals surface area contributed by atoms with Gasteiger partial charge in [-0.25, -0.2) is 9.37 Å². The number of nitrogens with zero attached hydrogens (tertiary/aromatic N) is 2. The number of para-hydroxylation sites is 1. The first kappa shape index (κ1) is 16.9. The van der Waals surface area contributed by atoms with Gasteiger partial charge < -0.3 is 0 Å². The molecule has 0 radical (unpaired) electrons. The monoisotopic (exact) mass is 364 g/mol. The van der Waals surface area contributed by atoms with E-state index in [-0.39, 0.29) is 11.6 Å². The smallest absolute Gasteiger partial charge is 0.167 e. The van der Waals surface area contributed by atoms with Gasteiger partial charge in [0, 0.05) is 0 Å². The molecule has 1 aliphatic rings. The summed E-state index contributed by atoms with van der Waals surface area (Å²) >= 11 is 1.39. The lowest BCUT2D eigenvalue weighted by atomic mass is 9.71. The molecule has 2 aromatic carbocycles. The van der Waals surface area contributed by atoms with Crippen molar-refractivity contribution in [3.8, 4) is 6.07 Å². The molecule has 0 amide bonds. The second-order valence-corrected chi connectivity index (χ2v) is 7.81. The number of halogens is 1. The summed E-state index contributed by atoms with van der Waals surface area (Å²) in [5.74, 6) is -1.43. The highest BCUT2D eigenvalue weighted by Gasteiger charge is 2.46. The minimum Gasteiger partial charge on any atom is -0.297 e. The van der Waals surface area contributed by atoms with Crippen LogP contribution in [0.5, 0.6) is 0 Å². The summed E-state index contributed by atoms with van der Waals surface area (Å²) in [4.78, 5) is 18.0. The number of nitriles is 1. The third kappa shape index (κ3) is 2.71. The van der Waals surface area contributed by atoms with Crippen molar-refractivity contribution in [2.24, 2.45) is 0 Å². The number of ketones is 1. The Labute approximate surface area is 155 Å². The Hall–Kier alpha value is -2.58. The second kappa shape index (κ2) is 6.62. The minimum absolute atomic E-state index is 0.151. The number of fused-ring (bicyclic) bond motifs is 1. The van der Waals surface area contributed by atoms with Crippen molar-refractivity contribution < 1.29 is 9.18 Å². The van der Waals surface area contributed by atoms with Crippen molar-refractivity contribution in [1.82, 2.24) is 4.98 Å². The summed E-state index contributed by atoms with van der Waals surface area (Å²) in [6, 6.07) is 16.1. The number of hydrogen-bond donors (Lipinski definition) is 0. The van der Waals surface area contributed by atoms with Crippen molar-refractivity contribution >= 4 is 27.3 Å². The standard InChI is InChI=1S/C21H17FN2OS/c22-15-7-5-6-14(12-15)21(10-3-4-11-21)19(25)16(13-23)20-24-17-8-1-2-9-18(17)26-20/h1-2,5-9,12,16H,3-4,10-11H2. The van der Waals surface area contributed by atoms with Crippen LogP contribution in [0.3, 0.4) is 0 Å². The summed E-state index contributed by atoms with van der Waals surface area (Å²) in [5, 5.41) is 10.3. The van der Waals surface area contributed by atoms with E-state index in [1.54, 1.807) is 12.1 Å². The number of rotatable bonds is 4. The first-order valence-electron chi connectivity index (χ1n) is 8.69. The summed E-state index contributed by atoms with van der Waals surface area (Å²) < 4.78 is 14.8. The molecule has 1 atom stereocenters. The summed E-state index contributed by atoms with van der Waals surface area (Å²) in [6.45, 7) is 0. The van der Waals surface area contributed by atoms with Crippen molar-refractivity contribution in [2.45, 2.75) is 37.0 Å². The summed E-state index contributed by atoms with van der Waals surface area (Å²) in [7, 11) is 0. The van der Waals surface area contributed by atoms with Gasteiger partial charge in [-0.05, 0) is 42.7 Å². The van der Waals surface area contributed by atoms with Gasteiger partial charge in [-0.1, -0.05) is 37.1 Å². The van der Waals surface area contributed by atoms with Gasteiger partial charge in [-0.15, -0.1) is 11.3 Å². The van der Waals surface area contributed by atoms with Crippen LogP contribution in [0.4, 0.5) is 4.39 Å². The molecule has 3 aromatic rings. The topological polar surface area (TPSA) is 53.8 Å². The zero-order valence-electron chi connectivity index (χ0n) is 14.1. The van der Waals surface area contributed by atoms with Crippen LogP contribution in [-0.2, 0) is 10.2 Å². The van der Waals surface area contributed by atoms with Crippen molar-refractivity contribution in [2.75, 3.05) is 0 Å². The van der Waals surface area contributed by atoms with E-state index in [9.17, 15) is 14.4 Å². The number of thiazole rings is 1. The van der Waals surface area contributed by atoms with Gasteiger partial charge >= 0.3 is 0 Å². The molecule has 0 N–H and O–H groups in total. The number of carbonyl (C=O) groups excluding carboxylic acids is 1. The average Bonchev–Trinajstić information content (AvgIpc) is 3.30. The largest absolute Gasteiger partial charge is 0.297 e. The molecule has 3 nitrogen and oxygen atoms in total. The van der Waals surface area contributed by atoms with Crippen LogP contribution in [0, 0.1) is 17.1 Å². The van der Waals surface area contributed by atoms with Crippen LogP contribution in [0.25, 0.3) is 10.2 Å². The highest BCUT2D eigenvalue weighted by atomic mass is 32.1. The van der Waals surface area contributed by atoms with Crippen molar-refractivity contribution in [3.63, 3.8) is 0 Å². The molecule has 0 aliphatic heterocycles. The van der Waals surface area contributed by atoms with Gasteiger partial charge in [0.15, 0.2) is 11.7 Å². The molecule has 1 saturated carbocycles. The highest BCUT2D eigenvalue weighted by Crippen LogP contribution is 2.45. The molecule has 1 unspecified atom stereocenters. The summed E-state index contributed by atoms with van der Waals surface area (Å²) in [5.41, 5.74) is 0.688. The molecule has 26 heavy (non-hydrogen) atoms. The van der Waals surface area contributed by atoms with Gasteiger partial charge in [-0.2, -0.15) is 5.26 Å². The normalized spacial score (nSPS) is 17.1. The van der Waals surface area contributed by atoms with Crippen LogP contribution in [0.2, 0.25) is 0 Å². The first-order chi connectivity index (χ1) is 12.6. The fourth-order valence-corrected chi connectivity index (χ4v) is 4.97. The van der Waals surface area contributed by atoms with E-state index in [1.165, 1.54) is 23.5 Å². The first-order valence-corrected chi connectivity index (χ1v) is 9.51. The molecule has 5 heteroatoms. The van der Waals surface area contributed by atoms with Gasteiger partial charge in [0.2, 0.25) is 0 Å². The molecular formula is C21H17FN2OS.